The molecule has 0 saturated carbocycles. The van der Waals surface area contributed by atoms with Crippen LogP contribution in [-0.4, -0.2) is 49.6 Å². The number of benzene rings is 1. The predicted octanol–water partition coefficient (Wildman–Crippen LogP) is 2.27. The highest BCUT2D eigenvalue weighted by molar-refractivity contribution is 14.0. The molecule has 2 fully saturated rings. The van der Waals surface area contributed by atoms with Gasteiger partial charge in [0.2, 0.25) is 5.91 Å². The number of hydrogen-bond donors (Lipinski definition) is 2. The molecule has 0 radical (unpaired) electrons. The van der Waals surface area contributed by atoms with Gasteiger partial charge in [-0.2, -0.15) is 0 Å². The van der Waals surface area contributed by atoms with Crippen molar-refractivity contribution in [2.75, 3.05) is 26.7 Å². The van der Waals surface area contributed by atoms with E-state index in [-0.39, 0.29) is 36.0 Å². The van der Waals surface area contributed by atoms with E-state index in [0.29, 0.717) is 19.5 Å². The highest BCUT2D eigenvalue weighted by atomic mass is 127. The normalized spacial score (nSPS) is 20.2. The second-order valence-electron chi connectivity index (χ2n) is 6.63. The van der Waals surface area contributed by atoms with Crippen LogP contribution in [0.5, 0.6) is 0 Å². The lowest BCUT2D eigenvalue weighted by atomic mass is 10.1. The summed E-state index contributed by atoms with van der Waals surface area (Å²) in [5, 5.41) is 6.70. The number of likely N-dealkylation sites (tertiary alicyclic amines) is 1. The smallest absolute Gasteiger partial charge is 0.222 e. The minimum absolute atomic E-state index is 0. The molecule has 1 unspecified atom stereocenters. The molecule has 0 bridgehead atoms. The SMILES string of the molecule is CN=C(NCc1ccccc1CN1CCCC1=O)NCC1CCCO1.I. The molecule has 2 heterocycles. The molecule has 6 nitrogen and oxygen atoms in total. The van der Waals surface area contributed by atoms with Gasteiger partial charge in [0, 0.05) is 46.3 Å². The van der Waals surface area contributed by atoms with Crippen LogP contribution in [0.2, 0.25) is 0 Å². The van der Waals surface area contributed by atoms with Crippen LogP contribution in [0.15, 0.2) is 29.3 Å². The summed E-state index contributed by atoms with van der Waals surface area (Å²) in [7, 11) is 1.78. The van der Waals surface area contributed by atoms with Gasteiger partial charge in [-0.3, -0.25) is 9.79 Å². The first kappa shape index (κ1) is 21.0. The molecule has 7 heteroatoms. The van der Waals surface area contributed by atoms with Gasteiger partial charge in [0.25, 0.3) is 0 Å². The Morgan fingerprint density at radius 2 is 2.08 bits per heavy atom. The Bertz CT molecular complexity index is 617. The summed E-state index contributed by atoms with van der Waals surface area (Å²) < 4.78 is 5.63. The van der Waals surface area contributed by atoms with E-state index in [1.165, 1.54) is 11.1 Å². The van der Waals surface area contributed by atoms with E-state index in [4.69, 9.17) is 4.74 Å². The van der Waals surface area contributed by atoms with E-state index in [9.17, 15) is 4.79 Å². The number of amides is 1. The monoisotopic (exact) mass is 472 g/mol. The Labute approximate surface area is 172 Å². The molecule has 2 saturated heterocycles. The third-order valence-corrected chi connectivity index (χ3v) is 4.84. The van der Waals surface area contributed by atoms with Crippen molar-refractivity contribution in [3.05, 3.63) is 35.4 Å². The lowest BCUT2D eigenvalue weighted by Gasteiger charge is -2.19. The van der Waals surface area contributed by atoms with Crippen LogP contribution in [0.4, 0.5) is 0 Å². The predicted molar refractivity (Wildman–Crippen MR) is 114 cm³/mol. The lowest BCUT2D eigenvalue weighted by molar-refractivity contribution is -0.128. The molecule has 0 aliphatic carbocycles. The van der Waals surface area contributed by atoms with Crippen molar-refractivity contribution in [3.63, 3.8) is 0 Å². The van der Waals surface area contributed by atoms with Gasteiger partial charge in [-0.25, -0.2) is 0 Å². The molecule has 1 aromatic rings. The largest absolute Gasteiger partial charge is 0.376 e. The summed E-state index contributed by atoms with van der Waals surface area (Å²) in [6.07, 6.45) is 4.18. The molecule has 1 aromatic carbocycles. The van der Waals surface area contributed by atoms with Crippen LogP contribution in [-0.2, 0) is 22.6 Å². The van der Waals surface area contributed by atoms with Gasteiger partial charge in [-0.05, 0) is 30.4 Å². The second kappa shape index (κ2) is 10.7. The van der Waals surface area contributed by atoms with Gasteiger partial charge in [0.15, 0.2) is 5.96 Å². The van der Waals surface area contributed by atoms with Crippen molar-refractivity contribution in [1.29, 1.82) is 0 Å². The summed E-state index contributed by atoms with van der Waals surface area (Å²) in [6, 6.07) is 8.28. The van der Waals surface area contributed by atoms with E-state index >= 15 is 0 Å². The van der Waals surface area contributed by atoms with Gasteiger partial charge in [-0.1, -0.05) is 24.3 Å². The number of nitrogens with one attached hydrogen (secondary N) is 2. The number of ether oxygens (including phenoxy) is 1. The van der Waals surface area contributed by atoms with Gasteiger partial charge < -0.3 is 20.3 Å². The molecule has 2 aliphatic heterocycles. The molecule has 0 aromatic heterocycles. The average molecular weight is 472 g/mol. The molecule has 26 heavy (non-hydrogen) atoms. The standard InChI is InChI=1S/C19H28N4O2.HI/c1-20-19(22-13-17-8-5-11-25-17)21-12-15-6-2-3-7-16(15)14-23-10-4-9-18(23)24;/h2-3,6-7,17H,4-5,8-14H2,1H3,(H2,20,21,22);1H. The van der Waals surface area contributed by atoms with Crippen LogP contribution >= 0.6 is 24.0 Å². The van der Waals surface area contributed by atoms with E-state index in [1.807, 2.05) is 17.0 Å². The average Bonchev–Trinajstić information content (AvgIpc) is 3.29. The third-order valence-electron chi connectivity index (χ3n) is 4.84. The zero-order valence-corrected chi connectivity index (χ0v) is 17.7. The van der Waals surface area contributed by atoms with Crippen molar-refractivity contribution in [2.45, 2.75) is 44.9 Å². The summed E-state index contributed by atoms with van der Waals surface area (Å²) in [5.41, 5.74) is 2.39. The van der Waals surface area contributed by atoms with E-state index in [1.54, 1.807) is 7.05 Å². The number of carbonyl (C=O) groups is 1. The fraction of sp³-hybridized carbons (Fsp3) is 0.579. The first-order chi connectivity index (χ1) is 12.3. The topological polar surface area (TPSA) is 66.0 Å². The fourth-order valence-electron chi connectivity index (χ4n) is 3.38. The van der Waals surface area contributed by atoms with Crippen LogP contribution < -0.4 is 10.6 Å². The summed E-state index contributed by atoms with van der Waals surface area (Å²) in [4.78, 5) is 18.1. The summed E-state index contributed by atoms with van der Waals surface area (Å²) >= 11 is 0. The van der Waals surface area contributed by atoms with Crippen LogP contribution in [0, 0.1) is 0 Å². The minimum Gasteiger partial charge on any atom is -0.376 e. The van der Waals surface area contributed by atoms with Crippen molar-refractivity contribution in [1.82, 2.24) is 15.5 Å². The van der Waals surface area contributed by atoms with E-state index in [0.717, 1.165) is 44.9 Å². The number of hydrogen-bond acceptors (Lipinski definition) is 3. The minimum atomic E-state index is 0. The number of carbonyl (C=O) groups excluding carboxylic acids is 1. The maximum absolute atomic E-state index is 11.9. The fourth-order valence-corrected chi connectivity index (χ4v) is 3.38. The molecule has 2 N–H and O–H groups in total. The quantitative estimate of drug-likeness (QED) is 0.379. The molecule has 3 rings (SSSR count). The van der Waals surface area contributed by atoms with E-state index in [2.05, 4.69) is 27.8 Å². The number of rotatable bonds is 6. The summed E-state index contributed by atoms with van der Waals surface area (Å²) in [5.74, 6) is 1.04. The molecular weight excluding hydrogens is 443 g/mol. The molecule has 144 valence electrons. The molecule has 0 spiro atoms. The Morgan fingerprint density at radius 1 is 1.27 bits per heavy atom. The Morgan fingerprint density at radius 3 is 2.73 bits per heavy atom. The van der Waals surface area contributed by atoms with Gasteiger partial charge in [-0.15, -0.1) is 24.0 Å². The number of aliphatic imine (C=N–C) groups is 1. The molecule has 1 amide bonds. The Kier molecular flexibility index (Phi) is 8.64. The highest BCUT2D eigenvalue weighted by Crippen LogP contribution is 2.17. The maximum atomic E-state index is 11.9. The van der Waals surface area contributed by atoms with Gasteiger partial charge in [0.1, 0.15) is 0 Å². The molecule has 2 aliphatic rings. The zero-order chi connectivity index (χ0) is 17.5. The van der Waals surface area contributed by atoms with Crippen molar-refractivity contribution in [3.8, 4) is 0 Å². The first-order valence-electron chi connectivity index (χ1n) is 9.17. The number of nitrogens with zero attached hydrogens (tertiary/aromatic N) is 2. The van der Waals surface area contributed by atoms with E-state index < -0.39 is 0 Å². The maximum Gasteiger partial charge on any atom is 0.222 e. The number of guanidine groups is 1. The van der Waals surface area contributed by atoms with Crippen molar-refractivity contribution >= 4 is 35.8 Å². The summed E-state index contributed by atoms with van der Waals surface area (Å²) in [6.45, 7) is 3.89. The Balaban J connectivity index is 0.00000243. The van der Waals surface area contributed by atoms with Crippen LogP contribution in [0.25, 0.3) is 0 Å². The second-order valence-corrected chi connectivity index (χ2v) is 6.63. The Hall–Kier alpha value is -1.35. The lowest BCUT2D eigenvalue weighted by Crippen LogP contribution is -2.40. The number of halogens is 1. The van der Waals surface area contributed by atoms with Crippen LogP contribution in [0.1, 0.15) is 36.8 Å². The van der Waals surface area contributed by atoms with Gasteiger partial charge in [0.05, 0.1) is 6.10 Å². The zero-order valence-electron chi connectivity index (χ0n) is 15.4. The van der Waals surface area contributed by atoms with Crippen molar-refractivity contribution in [2.24, 2.45) is 4.99 Å². The highest BCUT2D eigenvalue weighted by Gasteiger charge is 2.21. The van der Waals surface area contributed by atoms with Gasteiger partial charge >= 0.3 is 0 Å². The molecule has 1 atom stereocenters. The van der Waals surface area contributed by atoms with Crippen LogP contribution in [0.3, 0.4) is 0 Å². The van der Waals surface area contributed by atoms with Crippen molar-refractivity contribution < 1.29 is 9.53 Å². The first-order valence-corrected chi connectivity index (χ1v) is 9.17. The molecular formula is C19H29IN4O2. The third kappa shape index (κ3) is 5.84.